The number of phenols is 2. The van der Waals surface area contributed by atoms with Crippen LogP contribution in [0.4, 0.5) is 0 Å². The van der Waals surface area contributed by atoms with Crippen LogP contribution in [0.1, 0.15) is 111 Å². The van der Waals surface area contributed by atoms with E-state index in [0.29, 0.717) is 36.7 Å². The van der Waals surface area contributed by atoms with E-state index in [1.165, 1.54) is 23.8 Å². The van der Waals surface area contributed by atoms with Crippen LogP contribution in [0.25, 0.3) is 6.08 Å². The van der Waals surface area contributed by atoms with Crippen LogP contribution in [0.2, 0.25) is 0 Å². The van der Waals surface area contributed by atoms with Crippen molar-refractivity contribution in [2.24, 2.45) is 50.2 Å². The van der Waals surface area contributed by atoms with Crippen LogP contribution in [0.15, 0.2) is 35.9 Å². The Balaban J connectivity index is 1.40. The Bertz CT molecular complexity index is 1470. The summed E-state index contributed by atoms with van der Waals surface area (Å²) in [5.74, 6) is -1.07. The van der Waals surface area contributed by atoms with Gasteiger partial charge in [-0.25, -0.2) is 4.79 Å². The Labute approximate surface area is 274 Å². The van der Waals surface area contributed by atoms with Crippen molar-refractivity contribution >= 4 is 18.0 Å². The maximum atomic E-state index is 13.4. The van der Waals surface area contributed by atoms with E-state index in [-0.39, 0.29) is 51.8 Å². The number of aliphatic hydroxyl groups is 1. The molecule has 7 heteroatoms. The molecule has 4 N–H and O–H groups in total. The number of carboxylic acids is 1. The smallest absolute Gasteiger partial charge is 0.330 e. The monoisotopic (exact) mass is 634 g/mol. The van der Waals surface area contributed by atoms with Crippen molar-refractivity contribution in [3.05, 3.63) is 41.5 Å². The first-order chi connectivity index (χ1) is 21.4. The number of aromatic hydroxyl groups is 2. The molecule has 46 heavy (non-hydrogen) atoms. The molecule has 4 saturated carbocycles. The molecular weight excluding hydrogens is 580 g/mol. The van der Waals surface area contributed by atoms with Gasteiger partial charge in [-0.2, -0.15) is 0 Å². The third-order valence-electron chi connectivity index (χ3n) is 14.6. The van der Waals surface area contributed by atoms with Gasteiger partial charge in [-0.15, -0.1) is 0 Å². The summed E-state index contributed by atoms with van der Waals surface area (Å²) in [6, 6.07) is 4.39. The molecule has 0 radical (unpaired) electrons. The molecule has 1 aromatic rings. The number of aliphatic hydroxyl groups excluding tert-OH is 1. The topological polar surface area (TPSA) is 124 Å². The van der Waals surface area contributed by atoms with Gasteiger partial charge in [-0.05, 0) is 127 Å². The molecule has 1 aromatic carbocycles. The summed E-state index contributed by atoms with van der Waals surface area (Å²) in [5, 5.41) is 41.4. The molecule has 0 heterocycles. The third kappa shape index (κ3) is 4.77. The number of carbonyl (C=O) groups excluding carboxylic acids is 1. The second-order valence-electron chi connectivity index (χ2n) is 17.5. The molecule has 252 valence electrons. The summed E-state index contributed by atoms with van der Waals surface area (Å²) in [6.07, 6.45) is 13.2. The Morgan fingerprint density at radius 1 is 0.913 bits per heavy atom. The fraction of sp³-hybridized carbons (Fsp3) is 0.692. The zero-order chi connectivity index (χ0) is 33.5. The molecule has 7 nitrogen and oxygen atoms in total. The molecular formula is C39H54O7. The summed E-state index contributed by atoms with van der Waals surface area (Å²) in [7, 11) is 0. The van der Waals surface area contributed by atoms with E-state index in [2.05, 4.69) is 47.6 Å². The first-order valence-corrected chi connectivity index (χ1v) is 17.4. The summed E-state index contributed by atoms with van der Waals surface area (Å²) in [6.45, 7) is 14.0. The second-order valence-corrected chi connectivity index (χ2v) is 17.5. The van der Waals surface area contributed by atoms with E-state index in [1.54, 1.807) is 12.1 Å². The number of esters is 1. The number of carboxylic acid groups (broad SMARTS) is 1. The van der Waals surface area contributed by atoms with Crippen LogP contribution in [0, 0.1) is 50.2 Å². The quantitative estimate of drug-likeness (QED) is 0.112. The first-order valence-electron chi connectivity index (χ1n) is 17.4. The van der Waals surface area contributed by atoms with Crippen LogP contribution in [0.3, 0.4) is 0 Å². The minimum atomic E-state index is -0.795. The van der Waals surface area contributed by atoms with Gasteiger partial charge in [-0.1, -0.05) is 59.3 Å². The van der Waals surface area contributed by atoms with E-state index < -0.39 is 22.8 Å². The van der Waals surface area contributed by atoms with E-state index >= 15 is 0 Å². The van der Waals surface area contributed by atoms with Crippen molar-refractivity contribution in [2.45, 2.75) is 112 Å². The molecule has 0 spiro atoms. The molecule has 5 aliphatic carbocycles. The van der Waals surface area contributed by atoms with Crippen LogP contribution >= 0.6 is 0 Å². The number of benzene rings is 1. The van der Waals surface area contributed by atoms with Crippen molar-refractivity contribution in [1.82, 2.24) is 0 Å². The largest absolute Gasteiger partial charge is 0.504 e. The summed E-state index contributed by atoms with van der Waals surface area (Å²) < 4.78 is 6.22. The van der Waals surface area contributed by atoms with Gasteiger partial charge in [0.25, 0.3) is 0 Å². The van der Waals surface area contributed by atoms with Crippen LogP contribution in [-0.4, -0.2) is 45.1 Å². The predicted molar refractivity (Wildman–Crippen MR) is 177 cm³/mol. The zero-order valence-electron chi connectivity index (χ0n) is 28.6. The van der Waals surface area contributed by atoms with Crippen molar-refractivity contribution in [3.63, 3.8) is 0 Å². The highest BCUT2D eigenvalue weighted by atomic mass is 16.5. The second kappa shape index (κ2) is 10.9. The molecule has 0 saturated heterocycles. The standard InChI is InChI=1S/C39H54O7/c1-34(2)17-18-38(33(44)45)19-20-39(23-46-32(43)12-8-24-7-10-27(40)28(41)21-24)25(26(38)22-34)9-11-30-36(5)15-14-31(42)35(3,4)29(36)13-16-37(30,39)6/h7-10,12,21,26,29-31,40-42H,11,13-20,22-23H2,1-6H3,(H,44,45)/b12-8+/t26?,29?,30?,31?,36-,37+,38-,39-/m0/s1. The fourth-order valence-corrected chi connectivity index (χ4v) is 11.8. The van der Waals surface area contributed by atoms with Gasteiger partial charge < -0.3 is 25.2 Å². The van der Waals surface area contributed by atoms with Crippen LogP contribution < -0.4 is 0 Å². The Kier molecular flexibility index (Phi) is 7.82. The van der Waals surface area contributed by atoms with E-state index in [9.17, 15) is 30.0 Å². The molecule has 4 fully saturated rings. The highest BCUT2D eigenvalue weighted by molar-refractivity contribution is 5.87. The average molecular weight is 635 g/mol. The minimum Gasteiger partial charge on any atom is -0.504 e. The van der Waals surface area contributed by atoms with Gasteiger partial charge in [0.2, 0.25) is 0 Å². The summed E-state index contributed by atoms with van der Waals surface area (Å²) in [4.78, 5) is 26.5. The predicted octanol–water partition coefficient (Wildman–Crippen LogP) is 7.88. The Morgan fingerprint density at radius 2 is 1.63 bits per heavy atom. The van der Waals surface area contributed by atoms with Gasteiger partial charge >= 0.3 is 11.9 Å². The van der Waals surface area contributed by atoms with Gasteiger partial charge in [0, 0.05) is 11.5 Å². The zero-order valence-corrected chi connectivity index (χ0v) is 28.6. The van der Waals surface area contributed by atoms with Crippen molar-refractivity contribution in [2.75, 3.05) is 6.61 Å². The van der Waals surface area contributed by atoms with Gasteiger partial charge in [0.15, 0.2) is 11.5 Å². The van der Waals surface area contributed by atoms with Gasteiger partial charge in [-0.3, -0.25) is 4.79 Å². The van der Waals surface area contributed by atoms with Gasteiger partial charge in [0.1, 0.15) is 6.61 Å². The maximum Gasteiger partial charge on any atom is 0.330 e. The normalized spacial score (nSPS) is 40.9. The lowest BCUT2D eigenvalue weighted by Gasteiger charge is -2.71. The number of aliphatic carboxylic acids is 1. The van der Waals surface area contributed by atoms with Crippen molar-refractivity contribution in [3.8, 4) is 11.5 Å². The highest BCUT2D eigenvalue weighted by Gasteiger charge is 2.70. The molecule has 0 aromatic heterocycles. The number of allylic oxidation sites excluding steroid dienone is 1. The molecule has 0 amide bonds. The molecule has 6 rings (SSSR count). The van der Waals surface area contributed by atoms with Gasteiger partial charge in [0.05, 0.1) is 11.5 Å². The molecule has 0 bridgehead atoms. The lowest BCUT2D eigenvalue weighted by atomic mass is 9.33. The number of rotatable bonds is 5. The number of fused-ring (bicyclic) bond motifs is 7. The Hall–Kier alpha value is -2.80. The van der Waals surface area contributed by atoms with Crippen molar-refractivity contribution in [1.29, 1.82) is 0 Å². The molecule has 5 aliphatic rings. The van der Waals surface area contributed by atoms with E-state index in [4.69, 9.17) is 4.74 Å². The lowest BCUT2D eigenvalue weighted by molar-refractivity contribution is -0.217. The van der Waals surface area contributed by atoms with E-state index in [1.807, 2.05) is 0 Å². The number of carbonyl (C=O) groups is 2. The maximum absolute atomic E-state index is 13.4. The first kappa shape index (κ1) is 33.1. The molecule has 0 aliphatic heterocycles. The van der Waals surface area contributed by atoms with E-state index in [0.717, 1.165) is 44.9 Å². The number of hydrogen-bond donors (Lipinski definition) is 4. The Morgan fingerprint density at radius 3 is 2.33 bits per heavy atom. The number of ether oxygens (including phenoxy) is 1. The summed E-state index contributed by atoms with van der Waals surface area (Å²) in [5.41, 5.74) is 0.125. The molecule has 4 unspecified atom stereocenters. The molecule has 8 atom stereocenters. The fourth-order valence-electron chi connectivity index (χ4n) is 11.8. The highest BCUT2D eigenvalue weighted by Crippen LogP contribution is 2.76. The van der Waals surface area contributed by atoms with Crippen LogP contribution in [-0.2, 0) is 14.3 Å². The lowest BCUT2D eigenvalue weighted by Crippen LogP contribution is -2.66. The SMILES string of the molecule is CC1(C)CC[C@]2(C(=O)O)CC[C@]3(COC(=O)/C=C/c4ccc(O)c(O)c4)C(=CCC4[C@@]5(C)CCC(O)C(C)(C)C5CC[C@]43C)C2C1. The number of hydrogen-bond acceptors (Lipinski definition) is 6. The summed E-state index contributed by atoms with van der Waals surface area (Å²) >= 11 is 0. The minimum absolute atomic E-state index is 0.00269. The van der Waals surface area contributed by atoms with Crippen molar-refractivity contribution < 1.29 is 34.8 Å². The third-order valence-corrected chi connectivity index (χ3v) is 14.6. The van der Waals surface area contributed by atoms with Crippen LogP contribution in [0.5, 0.6) is 11.5 Å². The average Bonchev–Trinajstić information content (AvgIpc) is 2.98. The number of phenolic OH excluding ortho intramolecular Hbond substituents is 2.